The summed E-state index contributed by atoms with van der Waals surface area (Å²) < 4.78 is 11.0. The zero-order valence-corrected chi connectivity index (χ0v) is 16.3. The SMILES string of the molecule is CCOc1ccccc1OCC(=O)Nc1ncc(Cc2cccc(Cl)c2)s1. The maximum atomic E-state index is 12.1. The van der Waals surface area contributed by atoms with Crippen molar-refractivity contribution in [3.8, 4) is 11.5 Å². The Labute approximate surface area is 166 Å². The van der Waals surface area contributed by atoms with Crippen LogP contribution in [0.2, 0.25) is 5.02 Å². The van der Waals surface area contributed by atoms with Gasteiger partial charge in [-0.15, -0.1) is 11.3 Å². The Hall–Kier alpha value is -2.57. The van der Waals surface area contributed by atoms with Crippen LogP contribution in [-0.2, 0) is 11.2 Å². The van der Waals surface area contributed by atoms with Gasteiger partial charge in [0.05, 0.1) is 6.61 Å². The molecule has 0 aliphatic heterocycles. The summed E-state index contributed by atoms with van der Waals surface area (Å²) in [5, 5.41) is 4.00. The molecular weight excluding hydrogens is 384 g/mol. The van der Waals surface area contributed by atoms with Crippen LogP contribution in [0.1, 0.15) is 17.4 Å². The lowest BCUT2D eigenvalue weighted by Gasteiger charge is -2.10. The van der Waals surface area contributed by atoms with E-state index in [9.17, 15) is 4.79 Å². The Morgan fingerprint density at radius 3 is 2.67 bits per heavy atom. The molecule has 1 amide bonds. The van der Waals surface area contributed by atoms with E-state index < -0.39 is 0 Å². The van der Waals surface area contributed by atoms with Gasteiger partial charge in [-0.25, -0.2) is 4.98 Å². The molecule has 0 bridgehead atoms. The number of aromatic nitrogens is 1. The Morgan fingerprint density at radius 1 is 1.15 bits per heavy atom. The van der Waals surface area contributed by atoms with Gasteiger partial charge in [-0.1, -0.05) is 35.9 Å². The molecule has 0 spiro atoms. The van der Waals surface area contributed by atoms with Crippen LogP contribution >= 0.6 is 22.9 Å². The van der Waals surface area contributed by atoms with Crippen molar-refractivity contribution >= 4 is 34.0 Å². The molecule has 0 radical (unpaired) electrons. The summed E-state index contributed by atoms with van der Waals surface area (Å²) in [6, 6.07) is 14.9. The summed E-state index contributed by atoms with van der Waals surface area (Å²) in [6.07, 6.45) is 2.47. The van der Waals surface area contributed by atoms with Crippen molar-refractivity contribution in [2.75, 3.05) is 18.5 Å². The molecule has 0 saturated heterocycles. The van der Waals surface area contributed by atoms with E-state index >= 15 is 0 Å². The number of rotatable bonds is 8. The number of nitrogens with one attached hydrogen (secondary N) is 1. The predicted molar refractivity (Wildman–Crippen MR) is 108 cm³/mol. The van der Waals surface area contributed by atoms with Crippen LogP contribution in [0, 0.1) is 0 Å². The van der Waals surface area contributed by atoms with E-state index in [1.54, 1.807) is 18.3 Å². The molecule has 5 nitrogen and oxygen atoms in total. The molecule has 0 fully saturated rings. The van der Waals surface area contributed by atoms with E-state index in [-0.39, 0.29) is 12.5 Å². The fourth-order valence-electron chi connectivity index (χ4n) is 2.44. The first-order valence-corrected chi connectivity index (χ1v) is 9.67. The topological polar surface area (TPSA) is 60.5 Å². The van der Waals surface area contributed by atoms with Gasteiger partial charge in [-0.05, 0) is 36.8 Å². The first kappa shape index (κ1) is 19.2. The maximum absolute atomic E-state index is 12.1. The van der Waals surface area contributed by atoms with E-state index in [1.807, 2.05) is 43.3 Å². The number of para-hydroxylation sites is 2. The molecule has 1 heterocycles. The van der Waals surface area contributed by atoms with Crippen molar-refractivity contribution in [1.29, 1.82) is 0 Å². The summed E-state index contributed by atoms with van der Waals surface area (Å²) in [5.41, 5.74) is 1.10. The fourth-order valence-corrected chi connectivity index (χ4v) is 3.51. The molecule has 1 aromatic heterocycles. The maximum Gasteiger partial charge on any atom is 0.264 e. The Kier molecular flexibility index (Phi) is 6.68. The number of thiazole rings is 1. The summed E-state index contributed by atoms with van der Waals surface area (Å²) in [4.78, 5) is 17.4. The van der Waals surface area contributed by atoms with Crippen molar-refractivity contribution in [3.05, 3.63) is 70.2 Å². The molecule has 0 aliphatic rings. The molecule has 3 rings (SSSR count). The zero-order chi connectivity index (χ0) is 19.1. The van der Waals surface area contributed by atoms with Crippen molar-refractivity contribution in [1.82, 2.24) is 4.98 Å². The molecule has 140 valence electrons. The lowest BCUT2D eigenvalue weighted by Crippen LogP contribution is -2.20. The van der Waals surface area contributed by atoms with E-state index in [0.717, 1.165) is 10.4 Å². The zero-order valence-electron chi connectivity index (χ0n) is 14.8. The largest absolute Gasteiger partial charge is 0.490 e. The number of anilines is 1. The molecular formula is C20H19ClN2O3S. The summed E-state index contributed by atoms with van der Waals surface area (Å²) in [6.45, 7) is 2.31. The number of carbonyl (C=O) groups excluding carboxylic acids is 1. The number of hydrogen-bond acceptors (Lipinski definition) is 5. The van der Waals surface area contributed by atoms with Gasteiger partial charge >= 0.3 is 0 Å². The number of ether oxygens (including phenoxy) is 2. The smallest absolute Gasteiger partial charge is 0.264 e. The van der Waals surface area contributed by atoms with Crippen molar-refractivity contribution in [2.45, 2.75) is 13.3 Å². The van der Waals surface area contributed by atoms with E-state index in [1.165, 1.54) is 11.3 Å². The first-order chi connectivity index (χ1) is 13.1. The molecule has 0 atom stereocenters. The van der Waals surface area contributed by atoms with E-state index in [2.05, 4.69) is 10.3 Å². The van der Waals surface area contributed by atoms with Crippen molar-refractivity contribution in [2.24, 2.45) is 0 Å². The molecule has 0 aliphatic carbocycles. The lowest BCUT2D eigenvalue weighted by molar-refractivity contribution is -0.118. The van der Waals surface area contributed by atoms with Gasteiger partial charge < -0.3 is 9.47 Å². The highest BCUT2D eigenvalue weighted by molar-refractivity contribution is 7.15. The quantitative estimate of drug-likeness (QED) is 0.587. The highest BCUT2D eigenvalue weighted by atomic mass is 35.5. The van der Waals surface area contributed by atoms with Crippen molar-refractivity contribution in [3.63, 3.8) is 0 Å². The second kappa shape index (κ2) is 9.39. The van der Waals surface area contributed by atoms with Crippen molar-refractivity contribution < 1.29 is 14.3 Å². The Bertz CT molecular complexity index is 914. The normalized spacial score (nSPS) is 10.4. The third kappa shape index (κ3) is 5.70. The van der Waals surface area contributed by atoms with E-state index in [4.69, 9.17) is 21.1 Å². The van der Waals surface area contributed by atoms with Gasteiger partial charge in [0.15, 0.2) is 23.2 Å². The average Bonchev–Trinajstić information content (AvgIpc) is 3.08. The molecule has 1 N–H and O–H groups in total. The van der Waals surface area contributed by atoms with Gasteiger partial charge in [0.2, 0.25) is 0 Å². The second-order valence-corrected chi connectivity index (χ2v) is 7.21. The number of halogens is 1. The molecule has 3 aromatic rings. The van der Waals surface area contributed by atoms with Gasteiger partial charge in [0.1, 0.15) is 0 Å². The number of nitrogens with zero attached hydrogens (tertiary/aromatic N) is 1. The molecule has 27 heavy (non-hydrogen) atoms. The van der Waals surface area contributed by atoms with Crippen LogP contribution in [0.15, 0.2) is 54.7 Å². The highest BCUT2D eigenvalue weighted by Gasteiger charge is 2.10. The Morgan fingerprint density at radius 2 is 1.93 bits per heavy atom. The molecule has 0 unspecified atom stereocenters. The van der Waals surface area contributed by atoms with Gasteiger partial charge in [0, 0.05) is 22.5 Å². The van der Waals surface area contributed by atoms with Gasteiger partial charge in [0.25, 0.3) is 5.91 Å². The minimum absolute atomic E-state index is 0.118. The average molecular weight is 403 g/mol. The van der Waals surface area contributed by atoms with Crippen LogP contribution < -0.4 is 14.8 Å². The van der Waals surface area contributed by atoms with Crippen LogP contribution in [0.5, 0.6) is 11.5 Å². The summed E-state index contributed by atoms with van der Waals surface area (Å²) >= 11 is 7.44. The minimum atomic E-state index is -0.273. The lowest BCUT2D eigenvalue weighted by atomic mass is 10.1. The minimum Gasteiger partial charge on any atom is -0.490 e. The molecule has 0 saturated carbocycles. The number of hydrogen-bond donors (Lipinski definition) is 1. The molecule has 2 aromatic carbocycles. The predicted octanol–water partition coefficient (Wildman–Crippen LogP) is 4.80. The summed E-state index contributed by atoms with van der Waals surface area (Å²) in [7, 11) is 0. The van der Waals surface area contributed by atoms with E-state index in [0.29, 0.717) is 34.7 Å². The van der Waals surface area contributed by atoms with Crippen LogP contribution in [0.4, 0.5) is 5.13 Å². The monoisotopic (exact) mass is 402 g/mol. The Balaban J connectivity index is 1.54. The second-order valence-electron chi connectivity index (χ2n) is 5.66. The highest BCUT2D eigenvalue weighted by Crippen LogP contribution is 2.26. The first-order valence-electron chi connectivity index (χ1n) is 8.47. The summed E-state index contributed by atoms with van der Waals surface area (Å²) in [5.74, 6) is 0.881. The fraction of sp³-hybridized carbons (Fsp3) is 0.200. The third-order valence-corrected chi connectivity index (χ3v) is 4.72. The number of amides is 1. The third-order valence-electron chi connectivity index (χ3n) is 3.58. The van der Waals surface area contributed by atoms with Gasteiger partial charge in [-0.2, -0.15) is 0 Å². The van der Waals surface area contributed by atoms with Gasteiger partial charge in [-0.3, -0.25) is 10.1 Å². The number of carbonyl (C=O) groups is 1. The van der Waals surface area contributed by atoms with Crippen LogP contribution in [0.25, 0.3) is 0 Å². The molecule has 7 heteroatoms. The number of benzene rings is 2. The van der Waals surface area contributed by atoms with Crippen LogP contribution in [-0.4, -0.2) is 24.1 Å². The van der Waals surface area contributed by atoms with Crippen LogP contribution in [0.3, 0.4) is 0 Å². The standard InChI is InChI=1S/C20H19ClN2O3S/c1-2-25-17-8-3-4-9-18(17)26-13-19(24)23-20-22-12-16(27-20)11-14-6-5-7-15(21)10-14/h3-10,12H,2,11,13H2,1H3,(H,22,23,24).